The fourth-order valence-electron chi connectivity index (χ4n) is 3.01. The van der Waals surface area contributed by atoms with Gasteiger partial charge in [0.2, 0.25) is 0 Å². The number of carbonyl (C=O) groups is 3. The van der Waals surface area contributed by atoms with Crippen LogP contribution in [0.4, 0.5) is 0 Å². The van der Waals surface area contributed by atoms with Gasteiger partial charge >= 0.3 is 11.9 Å². The molecule has 1 saturated heterocycles. The summed E-state index contributed by atoms with van der Waals surface area (Å²) in [7, 11) is 0. The predicted octanol–water partition coefficient (Wildman–Crippen LogP) is 1.06. The van der Waals surface area contributed by atoms with Crippen molar-refractivity contribution in [3.8, 4) is 5.69 Å². The summed E-state index contributed by atoms with van der Waals surface area (Å²) in [5.74, 6) is -1.34. The van der Waals surface area contributed by atoms with E-state index >= 15 is 0 Å². The molecule has 0 unspecified atom stereocenters. The standard InChI is InChI=1S/C18H20N4O5/c1-12(23)27-16-6-8-21(9-7-16)18(26)13-2-4-15(5-3-13)22-11-14(19-20-22)10-17(24)25/h2-5,11,16H,6-10H2,1H3,(H,24,25). The molecule has 1 aliphatic heterocycles. The van der Waals surface area contributed by atoms with Crippen molar-refractivity contribution in [1.82, 2.24) is 19.9 Å². The fourth-order valence-corrected chi connectivity index (χ4v) is 3.01. The zero-order valence-electron chi connectivity index (χ0n) is 14.9. The Hall–Kier alpha value is -3.23. The summed E-state index contributed by atoms with van der Waals surface area (Å²) in [6.07, 6.45) is 2.50. The van der Waals surface area contributed by atoms with Gasteiger partial charge in [0.1, 0.15) is 6.10 Å². The lowest BCUT2D eigenvalue weighted by atomic mass is 10.1. The number of aromatic nitrogens is 3. The number of esters is 1. The van der Waals surface area contributed by atoms with E-state index in [-0.39, 0.29) is 24.4 Å². The maximum absolute atomic E-state index is 12.6. The second-order valence-corrected chi connectivity index (χ2v) is 6.37. The maximum atomic E-state index is 12.6. The molecule has 1 aromatic heterocycles. The fraction of sp³-hybridized carbons (Fsp3) is 0.389. The quantitative estimate of drug-likeness (QED) is 0.781. The molecule has 0 aliphatic carbocycles. The summed E-state index contributed by atoms with van der Waals surface area (Å²) >= 11 is 0. The smallest absolute Gasteiger partial charge is 0.309 e. The first-order valence-electron chi connectivity index (χ1n) is 8.62. The van der Waals surface area contributed by atoms with Gasteiger partial charge in [-0.3, -0.25) is 14.4 Å². The van der Waals surface area contributed by atoms with Gasteiger partial charge in [0.05, 0.1) is 24.0 Å². The van der Waals surface area contributed by atoms with E-state index in [0.29, 0.717) is 42.9 Å². The van der Waals surface area contributed by atoms with E-state index in [1.54, 1.807) is 35.4 Å². The first-order valence-corrected chi connectivity index (χ1v) is 8.62. The molecule has 3 rings (SSSR count). The third kappa shape index (κ3) is 4.69. The van der Waals surface area contributed by atoms with E-state index in [9.17, 15) is 14.4 Å². The van der Waals surface area contributed by atoms with Gasteiger partial charge < -0.3 is 14.7 Å². The third-order valence-electron chi connectivity index (χ3n) is 4.31. The van der Waals surface area contributed by atoms with Crippen LogP contribution in [-0.4, -0.2) is 62.0 Å². The molecule has 1 aromatic carbocycles. The number of aliphatic carboxylic acids is 1. The number of hydrogen-bond donors (Lipinski definition) is 1. The Morgan fingerprint density at radius 2 is 1.85 bits per heavy atom. The van der Waals surface area contributed by atoms with Crippen molar-refractivity contribution >= 4 is 17.8 Å². The van der Waals surface area contributed by atoms with E-state index < -0.39 is 5.97 Å². The molecule has 0 saturated carbocycles. The molecule has 2 aromatic rings. The molecular weight excluding hydrogens is 352 g/mol. The highest BCUT2D eigenvalue weighted by molar-refractivity contribution is 5.94. The lowest BCUT2D eigenvalue weighted by Crippen LogP contribution is -2.41. The molecule has 1 amide bonds. The van der Waals surface area contributed by atoms with Gasteiger partial charge in [-0.15, -0.1) is 5.10 Å². The summed E-state index contributed by atoms with van der Waals surface area (Å²) in [6.45, 7) is 2.47. The minimum Gasteiger partial charge on any atom is -0.481 e. The van der Waals surface area contributed by atoms with Crippen molar-refractivity contribution in [2.24, 2.45) is 0 Å². The molecule has 0 spiro atoms. The Bertz CT molecular complexity index is 838. The first kappa shape index (κ1) is 18.6. The lowest BCUT2D eigenvalue weighted by Gasteiger charge is -2.31. The van der Waals surface area contributed by atoms with Crippen LogP contribution in [0.2, 0.25) is 0 Å². The Morgan fingerprint density at radius 1 is 1.19 bits per heavy atom. The highest BCUT2D eigenvalue weighted by Crippen LogP contribution is 2.17. The van der Waals surface area contributed by atoms with Gasteiger partial charge in [-0.05, 0) is 24.3 Å². The minimum atomic E-state index is -0.972. The van der Waals surface area contributed by atoms with Crippen LogP contribution in [0.25, 0.3) is 5.69 Å². The molecule has 1 N–H and O–H groups in total. The molecule has 142 valence electrons. The maximum Gasteiger partial charge on any atom is 0.309 e. The van der Waals surface area contributed by atoms with Crippen LogP contribution in [0.5, 0.6) is 0 Å². The van der Waals surface area contributed by atoms with Crippen molar-refractivity contribution < 1.29 is 24.2 Å². The van der Waals surface area contributed by atoms with Crippen LogP contribution >= 0.6 is 0 Å². The van der Waals surface area contributed by atoms with Gasteiger partial charge in [-0.2, -0.15) is 0 Å². The number of carbonyl (C=O) groups excluding carboxylic acids is 2. The number of benzene rings is 1. The van der Waals surface area contributed by atoms with Gasteiger partial charge in [0.25, 0.3) is 5.91 Å². The van der Waals surface area contributed by atoms with Crippen molar-refractivity contribution in [3.05, 3.63) is 41.7 Å². The number of hydrogen-bond acceptors (Lipinski definition) is 6. The molecule has 1 fully saturated rings. The number of piperidine rings is 1. The SMILES string of the molecule is CC(=O)OC1CCN(C(=O)c2ccc(-n3cc(CC(=O)O)nn3)cc2)CC1. The number of carboxylic acid groups (broad SMARTS) is 1. The summed E-state index contributed by atoms with van der Waals surface area (Å²) < 4.78 is 6.66. The molecule has 27 heavy (non-hydrogen) atoms. The minimum absolute atomic E-state index is 0.0759. The van der Waals surface area contributed by atoms with Crippen LogP contribution in [0.3, 0.4) is 0 Å². The molecule has 0 bridgehead atoms. The van der Waals surface area contributed by atoms with Crippen LogP contribution in [0.15, 0.2) is 30.5 Å². The largest absolute Gasteiger partial charge is 0.481 e. The molecule has 9 heteroatoms. The highest BCUT2D eigenvalue weighted by Gasteiger charge is 2.25. The normalized spacial score (nSPS) is 14.8. The predicted molar refractivity (Wildman–Crippen MR) is 93.4 cm³/mol. The Kier molecular flexibility index (Phi) is 5.49. The van der Waals surface area contributed by atoms with E-state index in [4.69, 9.17) is 9.84 Å². The molecule has 9 nitrogen and oxygen atoms in total. The van der Waals surface area contributed by atoms with Crippen LogP contribution in [0, 0.1) is 0 Å². The zero-order valence-corrected chi connectivity index (χ0v) is 14.9. The van der Waals surface area contributed by atoms with Gasteiger partial charge in [-0.25, -0.2) is 4.68 Å². The van der Waals surface area contributed by atoms with E-state index in [2.05, 4.69) is 10.3 Å². The molecule has 0 radical (unpaired) electrons. The molecular formula is C18H20N4O5. The lowest BCUT2D eigenvalue weighted by molar-refractivity contribution is -0.148. The second kappa shape index (κ2) is 7.98. The number of carboxylic acids is 1. The summed E-state index contributed by atoms with van der Waals surface area (Å²) in [5.41, 5.74) is 1.60. The Morgan fingerprint density at radius 3 is 2.44 bits per heavy atom. The van der Waals surface area contributed by atoms with E-state index in [1.165, 1.54) is 11.6 Å². The highest BCUT2D eigenvalue weighted by atomic mass is 16.5. The van der Waals surface area contributed by atoms with Crippen LogP contribution in [-0.2, 0) is 20.7 Å². The topological polar surface area (TPSA) is 115 Å². The molecule has 1 aliphatic rings. The monoisotopic (exact) mass is 372 g/mol. The summed E-state index contributed by atoms with van der Waals surface area (Å²) in [5, 5.41) is 16.5. The average Bonchev–Trinajstić information content (AvgIpc) is 3.09. The molecule has 0 atom stereocenters. The van der Waals surface area contributed by atoms with Crippen molar-refractivity contribution in [3.63, 3.8) is 0 Å². The number of ether oxygens (including phenoxy) is 1. The van der Waals surface area contributed by atoms with Gasteiger partial charge in [0, 0.05) is 38.4 Å². The first-order chi connectivity index (χ1) is 12.9. The number of amides is 1. The van der Waals surface area contributed by atoms with Crippen molar-refractivity contribution in [2.45, 2.75) is 32.3 Å². The summed E-state index contributed by atoms with van der Waals surface area (Å²) in [4.78, 5) is 36.1. The van der Waals surface area contributed by atoms with E-state index in [0.717, 1.165) is 0 Å². The number of likely N-dealkylation sites (tertiary alicyclic amines) is 1. The Labute approximate surface area is 155 Å². The average molecular weight is 372 g/mol. The number of rotatable bonds is 5. The van der Waals surface area contributed by atoms with Crippen molar-refractivity contribution in [2.75, 3.05) is 13.1 Å². The van der Waals surface area contributed by atoms with Gasteiger partial charge in [0.15, 0.2) is 0 Å². The summed E-state index contributed by atoms with van der Waals surface area (Å²) in [6, 6.07) is 6.87. The Balaban J connectivity index is 1.62. The van der Waals surface area contributed by atoms with E-state index in [1.807, 2.05) is 0 Å². The zero-order chi connectivity index (χ0) is 19.4. The molecule has 2 heterocycles. The van der Waals surface area contributed by atoms with Gasteiger partial charge in [-0.1, -0.05) is 5.21 Å². The van der Waals surface area contributed by atoms with Crippen LogP contribution < -0.4 is 0 Å². The van der Waals surface area contributed by atoms with Crippen LogP contribution in [0.1, 0.15) is 35.8 Å². The van der Waals surface area contributed by atoms with Crippen molar-refractivity contribution in [1.29, 1.82) is 0 Å². The third-order valence-corrected chi connectivity index (χ3v) is 4.31. The number of nitrogens with zero attached hydrogens (tertiary/aromatic N) is 4. The second-order valence-electron chi connectivity index (χ2n) is 6.37.